The van der Waals surface area contributed by atoms with Gasteiger partial charge in [0.2, 0.25) is 0 Å². The minimum absolute atomic E-state index is 0.402. The summed E-state index contributed by atoms with van der Waals surface area (Å²) in [5.41, 5.74) is 0.216. The smallest absolute Gasteiger partial charge is 0.344 e. The van der Waals surface area contributed by atoms with Gasteiger partial charge in [-0.25, -0.2) is 4.79 Å². The zero-order valence-corrected chi connectivity index (χ0v) is 15.7. The average molecular weight is 364 g/mol. The Bertz CT molecular complexity index is 1090. The highest BCUT2D eigenvalue weighted by atomic mass is 16.5. The van der Waals surface area contributed by atoms with Crippen LogP contribution in [-0.2, 0) is 0 Å². The van der Waals surface area contributed by atoms with Crippen LogP contribution >= 0.6 is 0 Å². The van der Waals surface area contributed by atoms with E-state index in [0.29, 0.717) is 34.0 Å². The van der Waals surface area contributed by atoms with Crippen molar-refractivity contribution in [2.24, 2.45) is 0 Å². The van der Waals surface area contributed by atoms with Gasteiger partial charge in [-0.2, -0.15) is 0 Å². The Morgan fingerprint density at radius 1 is 0.963 bits per heavy atom. The zero-order valence-electron chi connectivity index (χ0n) is 15.7. The molecule has 0 amide bonds. The third-order valence-electron chi connectivity index (χ3n) is 4.13. The number of benzene rings is 2. The lowest BCUT2D eigenvalue weighted by atomic mass is 10.0. The minimum atomic E-state index is -0.760. The molecule has 0 spiro atoms. The molecule has 0 bridgehead atoms. The molecule has 3 rings (SSSR count). The molecule has 0 fully saturated rings. The SMILES string of the molecule is C#CC(C)(C)Oc1ccc2cc(-c3ccc(OC)cc3OC)c(=O)oc2c1. The van der Waals surface area contributed by atoms with Crippen LogP contribution in [-0.4, -0.2) is 19.8 Å². The molecule has 5 heteroatoms. The molecule has 0 unspecified atom stereocenters. The van der Waals surface area contributed by atoms with Crippen LogP contribution in [0.3, 0.4) is 0 Å². The van der Waals surface area contributed by atoms with Gasteiger partial charge in [-0.15, -0.1) is 6.42 Å². The summed E-state index contributed by atoms with van der Waals surface area (Å²) in [6.45, 7) is 3.57. The summed E-state index contributed by atoms with van der Waals surface area (Å²) in [5.74, 6) is 4.26. The Morgan fingerprint density at radius 3 is 2.37 bits per heavy atom. The Kier molecular flexibility index (Phi) is 4.83. The molecule has 27 heavy (non-hydrogen) atoms. The fourth-order valence-electron chi connectivity index (χ4n) is 2.69. The van der Waals surface area contributed by atoms with E-state index in [1.54, 1.807) is 57.4 Å². The molecule has 3 aromatic rings. The van der Waals surface area contributed by atoms with Gasteiger partial charge in [-0.1, -0.05) is 5.92 Å². The third-order valence-corrected chi connectivity index (χ3v) is 4.13. The highest BCUT2D eigenvalue weighted by Crippen LogP contribution is 2.33. The Labute approximate surface area is 157 Å². The molecular weight excluding hydrogens is 344 g/mol. The maximum absolute atomic E-state index is 12.6. The largest absolute Gasteiger partial charge is 0.497 e. The van der Waals surface area contributed by atoms with Crippen LogP contribution in [0, 0.1) is 12.3 Å². The number of methoxy groups -OCH3 is 2. The van der Waals surface area contributed by atoms with E-state index >= 15 is 0 Å². The van der Waals surface area contributed by atoms with Gasteiger partial charge in [0.05, 0.1) is 19.8 Å². The summed E-state index contributed by atoms with van der Waals surface area (Å²) in [6, 6.07) is 12.3. The molecule has 0 radical (unpaired) electrons. The Morgan fingerprint density at radius 2 is 1.70 bits per heavy atom. The number of terminal acetylenes is 1. The predicted molar refractivity (Wildman–Crippen MR) is 105 cm³/mol. The van der Waals surface area contributed by atoms with E-state index in [0.717, 1.165) is 5.39 Å². The first-order valence-electron chi connectivity index (χ1n) is 8.34. The molecule has 0 aliphatic rings. The van der Waals surface area contributed by atoms with E-state index in [1.165, 1.54) is 7.11 Å². The van der Waals surface area contributed by atoms with Crippen molar-refractivity contribution in [3.8, 4) is 40.7 Å². The van der Waals surface area contributed by atoms with Crippen LogP contribution in [0.1, 0.15) is 13.8 Å². The molecule has 5 nitrogen and oxygen atoms in total. The molecular formula is C22H20O5. The van der Waals surface area contributed by atoms with Crippen molar-refractivity contribution in [1.29, 1.82) is 0 Å². The lowest BCUT2D eigenvalue weighted by molar-refractivity contribution is 0.172. The van der Waals surface area contributed by atoms with Crippen molar-refractivity contribution in [2.45, 2.75) is 19.4 Å². The number of fused-ring (bicyclic) bond motifs is 1. The first-order chi connectivity index (χ1) is 12.9. The summed E-state index contributed by atoms with van der Waals surface area (Å²) in [5, 5.41) is 0.758. The van der Waals surface area contributed by atoms with Gasteiger partial charge in [0, 0.05) is 23.1 Å². The van der Waals surface area contributed by atoms with Crippen LogP contribution in [0.4, 0.5) is 0 Å². The van der Waals surface area contributed by atoms with Gasteiger partial charge in [0.15, 0.2) is 5.60 Å². The number of ether oxygens (including phenoxy) is 3. The highest BCUT2D eigenvalue weighted by Gasteiger charge is 2.17. The second-order valence-corrected chi connectivity index (χ2v) is 6.47. The Balaban J connectivity index is 2.09. The van der Waals surface area contributed by atoms with E-state index in [-0.39, 0.29) is 0 Å². The van der Waals surface area contributed by atoms with Crippen LogP contribution in [0.15, 0.2) is 51.7 Å². The van der Waals surface area contributed by atoms with E-state index in [4.69, 9.17) is 25.1 Å². The van der Waals surface area contributed by atoms with Gasteiger partial charge >= 0.3 is 5.63 Å². The van der Waals surface area contributed by atoms with Crippen molar-refractivity contribution in [3.63, 3.8) is 0 Å². The summed E-state index contributed by atoms with van der Waals surface area (Å²) in [7, 11) is 3.11. The number of hydrogen-bond acceptors (Lipinski definition) is 5. The van der Waals surface area contributed by atoms with Gasteiger partial charge in [-0.3, -0.25) is 0 Å². The lowest BCUT2D eigenvalue weighted by Gasteiger charge is -2.20. The van der Waals surface area contributed by atoms with Crippen molar-refractivity contribution in [1.82, 2.24) is 0 Å². The summed E-state index contributed by atoms with van der Waals surface area (Å²) >= 11 is 0. The van der Waals surface area contributed by atoms with Crippen LogP contribution < -0.4 is 19.8 Å². The van der Waals surface area contributed by atoms with E-state index in [1.807, 2.05) is 6.07 Å². The van der Waals surface area contributed by atoms with Crippen molar-refractivity contribution >= 4 is 11.0 Å². The molecule has 0 saturated carbocycles. The first kappa shape index (κ1) is 18.4. The third kappa shape index (κ3) is 3.75. The van der Waals surface area contributed by atoms with Gasteiger partial charge in [-0.05, 0) is 44.2 Å². The molecule has 0 aliphatic heterocycles. The highest BCUT2D eigenvalue weighted by molar-refractivity contribution is 5.84. The zero-order chi connectivity index (χ0) is 19.6. The molecule has 1 heterocycles. The van der Waals surface area contributed by atoms with E-state index in [9.17, 15) is 4.79 Å². The average Bonchev–Trinajstić information content (AvgIpc) is 2.66. The topological polar surface area (TPSA) is 57.9 Å². The van der Waals surface area contributed by atoms with Crippen molar-refractivity contribution in [2.75, 3.05) is 14.2 Å². The van der Waals surface area contributed by atoms with Crippen molar-refractivity contribution in [3.05, 3.63) is 52.9 Å². The van der Waals surface area contributed by atoms with Crippen LogP contribution in [0.2, 0.25) is 0 Å². The molecule has 0 saturated heterocycles. The van der Waals surface area contributed by atoms with Gasteiger partial charge in [0.1, 0.15) is 22.8 Å². The quantitative estimate of drug-likeness (QED) is 0.500. The molecule has 0 atom stereocenters. The normalized spacial score (nSPS) is 11.1. The van der Waals surface area contributed by atoms with Crippen molar-refractivity contribution < 1.29 is 18.6 Å². The number of hydrogen-bond donors (Lipinski definition) is 0. The maximum atomic E-state index is 12.6. The van der Waals surface area contributed by atoms with Gasteiger partial charge in [0.25, 0.3) is 0 Å². The standard InChI is InChI=1S/C22H20O5/c1-6-22(2,3)27-16-8-7-14-11-18(21(23)26-19(14)13-16)17-10-9-15(24-4)12-20(17)25-5/h1,7-13H,2-5H3. The second kappa shape index (κ2) is 7.08. The second-order valence-electron chi connectivity index (χ2n) is 6.47. The monoisotopic (exact) mass is 364 g/mol. The van der Waals surface area contributed by atoms with E-state index in [2.05, 4.69) is 5.92 Å². The van der Waals surface area contributed by atoms with Crippen LogP contribution in [0.25, 0.3) is 22.1 Å². The summed E-state index contributed by atoms with van der Waals surface area (Å²) < 4.78 is 21.9. The molecule has 0 aliphatic carbocycles. The summed E-state index contributed by atoms with van der Waals surface area (Å²) in [6.07, 6.45) is 5.45. The molecule has 0 N–H and O–H groups in total. The predicted octanol–water partition coefficient (Wildman–Crippen LogP) is 4.27. The lowest BCUT2D eigenvalue weighted by Crippen LogP contribution is -2.25. The summed E-state index contributed by atoms with van der Waals surface area (Å²) in [4.78, 5) is 12.6. The molecule has 138 valence electrons. The van der Waals surface area contributed by atoms with E-state index < -0.39 is 11.2 Å². The van der Waals surface area contributed by atoms with Gasteiger partial charge < -0.3 is 18.6 Å². The maximum Gasteiger partial charge on any atom is 0.344 e. The van der Waals surface area contributed by atoms with Crippen LogP contribution in [0.5, 0.6) is 17.2 Å². The minimum Gasteiger partial charge on any atom is -0.497 e. The fourth-order valence-corrected chi connectivity index (χ4v) is 2.69. The Hall–Kier alpha value is -3.39. The first-order valence-corrected chi connectivity index (χ1v) is 8.34. The molecule has 1 aromatic heterocycles. The fraction of sp³-hybridized carbons (Fsp3) is 0.227. The number of rotatable bonds is 5. The molecule has 2 aromatic carbocycles.